The Balaban J connectivity index is 3.04. The van der Waals surface area contributed by atoms with Gasteiger partial charge in [-0.2, -0.15) is 0 Å². The van der Waals surface area contributed by atoms with Crippen molar-refractivity contribution in [3.05, 3.63) is 28.5 Å². The van der Waals surface area contributed by atoms with Gasteiger partial charge in [0.15, 0.2) is 0 Å². The molecule has 0 atom stereocenters. The number of carbonyl (C=O) groups excluding carboxylic acids is 1. The molecule has 0 fully saturated rings. The summed E-state index contributed by atoms with van der Waals surface area (Å²) in [7, 11) is 0. The van der Waals surface area contributed by atoms with E-state index in [1.807, 2.05) is 20.8 Å². The monoisotopic (exact) mass is 226 g/mol. The van der Waals surface area contributed by atoms with Gasteiger partial charge in [-0.05, 0) is 26.8 Å². The molecule has 1 amide bonds. The third-order valence-corrected chi connectivity index (χ3v) is 2.54. The highest BCUT2D eigenvalue weighted by Crippen LogP contribution is 2.14. The van der Waals surface area contributed by atoms with Crippen molar-refractivity contribution >= 4 is 17.5 Å². The molecule has 0 aliphatic heterocycles. The molecule has 0 aromatic carbocycles. The molecule has 1 heterocycles. The Hall–Kier alpha value is -1.09. The average Bonchev–Trinajstić information content (AvgIpc) is 2.23. The maximum Gasteiger partial charge on any atom is 0.255 e. The van der Waals surface area contributed by atoms with Gasteiger partial charge in [-0.25, -0.2) is 0 Å². The van der Waals surface area contributed by atoms with Crippen molar-refractivity contribution in [2.24, 2.45) is 0 Å². The standard InChI is InChI=1S/C11H15ClN2O/c1-4-14(5-2)11(15)10-6-9(12)7-13-8(10)3/h6-7H,4-5H2,1-3H3. The first-order valence-electron chi connectivity index (χ1n) is 5.01. The normalized spacial score (nSPS) is 10.1. The van der Waals surface area contributed by atoms with Gasteiger partial charge in [-0.1, -0.05) is 11.6 Å². The van der Waals surface area contributed by atoms with Crippen LogP contribution in [0.3, 0.4) is 0 Å². The maximum atomic E-state index is 12.0. The molecule has 0 aliphatic rings. The number of aromatic nitrogens is 1. The van der Waals surface area contributed by atoms with E-state index in [1.165, 1.54) is 0 Å². The Morgan fingerprint density at radius 3 is 2.60 bits per heavy atom. The van der Waals surface area contributed by atoms with Crippen molar-refractivity contribution in [2.75, 3.05) is 13.1 Å². The lowest BCUT2D eigenvalue weighted by Crippen LogP contribution is -2.31. The van der Waals surface area contributed by atoms with Crippen molar-refractivity contribution < 1.29 is 4.79 Å². The fourth-order valence-corrected chi connectivity index (χ4v) is 1.56. The van der Waals surface area contributed by atoms with Crippen LogP contribution in [0, 0.1) is 6.92 Å². The molecule has 1 aromatic heterocycles. The summed E-state index contributed by atoms with van der Waals surface area (Å²) in [6.07, 6.45) is 1.55. The van der Waals surface area contributed by atoms with E-state index in [4.69, 9.17) is 11.6 Å². The summed E-state index contributed by atoms with van der Waals surface area (Å²) in [6.45, 7) is 7.11. The topological polar surface area (TPSA) is 33.2 Å². The number of amides is 1. The zero-order valence-corrected chi connectivity index (χ0v) is 10.0. The predicted molar refractivity (Wildman–Crippen MR) is 61.2 cm³/mol. The predicted octanol–water partition coefficient (Wildman–Crippen LogP) is 2.53. The highest BCUT2D eigenvalue weighted by Gasteiger charge is 2.15. The van der Waals surface area contributed by atoms with E-state index in [2.05, 4.69) is 4.98 Å². The Labute approximate surface area is 95.1 Å². The molecule has 82 valence electrons. The lowest BCUT2D eigenvalue weighted by molar-refractivity contribution is 0.0772. The summed E-state index contributed by atoms with van der Waals surface area (Å²) in [5, 5.41) is 0.496. The fourth-order valence-electron chi connectivity index (χ4n) is 1.41. The fraction of sp³-hybridized carbons (Fsp3) is 0.455. The summed E-state index contributed by atoms with van der Waals surface area (Å²) in [4.78, 5) is 17.8. The van der Waals surface area contributed by atoms with Gasteiger partial charge in [-0.3, -0.25) is 9.78 Å². The number of nitrogens with zero attached hydrogens (tertiary/aromatic N) is 2. The van der Waals surface area contributed by atoms with Crippen molar-refractivity contribution in [1.29, 1.82) is 0 Å². The van der Waals surface area contributed by atoms with Gasteiger partial charge < -0.3 is 4.90 Å². The molecule has 3 nitrogen and oxygen atoms in total. The van der Waals surface area contributed by atoms with Gasteiger partial charge in [0.2, 0.25) is 0 Å². The Kier molecular flexibility index (Phi) is 4.09. The summed E-state index contributed by atoms with van der Waals surface area (Å²) in [6, 6.07) is 1.67. The summed E-state index contributed by atoms with van der Waals surface area (Å²) in [5.74, 6) is -0.00694. The van der Waals surface area contributed by atoms with Crippen LogP contribution < -0.4 is 0 Å². The number of hydrogen-bond acceptors (Lipinski definition) is 2. The first kappa shape index (κ1) is 12.0. The molecule has 0 unspecified atom stereocenters. The third kappa shape index (κ3) is 2.69. The van der Waals surface area contributed by atoms with E-state index in [-0.39, 0.29) is 5.91 Å². The molecular formula is C11H15ClN2O. The second-order valence-corrected chi connectivity index (χ2v) is 3.70. The van der Waals surface area contributed by atoms with Crippen molar-refractivity contribution in [2.45, 2.75) is 20.8 Å². The number of rotatable bonds is 3. The number of aryl methyl sites for hydroxylation is 1. The molecule has 0 saturated carbocycles. The van der Waals surface area contributed by atoms with Gasteiger partial charge in [-0.15, -0.1) is 0 Å². The molecule has 0 saturated heterocycles. The van der Waals surface area contributed by atoms with Gasteiger partial charge in [0.1, 0.15) is 0 Å². The van der Waals surface area contributed by atoms with Crippen LogP contribution in [0.15, 0.2) is 12.3 Å². The van der Waals surface area contributed by atoms with Gasteiger partial charge in [0.25, 0.3) is 5.91 Å². The first-order valence-corrected chi connectivity index (χ1v) is 5.39. The SMILES string of the molecule is CCN(CC)C(=O)c1cc(Cl)cnc1C. The minimum Gasteiger partial charge on any atom is -0.339 e. The summed E-state index contributed by atoms with van der Waals surface area (Å²) >= 11 is 5.82. The van der Waals surface area contributed by atoms with E-state index in [9.17, 15) is 4.79 Å². The quantitative estimate of drug-likeness (QED) is 0.794. The zero-order chi connectivity index (χ0) is 11.4. The second kappa shape index (κ2) is 5.12. The lowest BCUT2D eigenvalue weighted by Gasteiger charge is -2.19. The van der Waals surface area contributed by atoms with Crippen LogP contribution in [-0.2, 0) is 0 Å². The molecular weight excluding hydrogens is 212 g/mol. The van der Waals surface area contributed by atoms with Crippen LogP contribution in [0.25, 0.3) is 0 Å². The molecule has 0 radical (unpaired) electrons. The number of halogens is 1. The molecule has 0 spiro atoms. The second-order valence-electron chi connectivity index (χ2n) is 3.26. The molecule has 1 rings (SSSR count). The Bertz CT molecular complexity index is 362. The van der Waals surface area contributed by atoms with Crippen LogP contribution in [0.4, 0.5) is 0 Å². The molecule has 0 N–H and O–H groups in total. The number of pyridine rings is 1. The summed E-state index contributed by atoms with van der Waals surface area (Å²) in [5.41, 5.74) is 1.31. The largest absolute Gasteiger partial charge is 0.339 e. The van der Waals surface area contributed by atoms with Crippen molar-refractivity contribution in [3.8, 4) is 0 Å². The molecule has 1 aromatic rings. The van der Waals surface area contributed by atoms with Gasteiger partial charge >= 0.3 is 0 Å². The van der Waals surface area contributed by atoms with E-state index >= 15 is 0 Å². The van der Waals surface area contributed by atoms with Crippen molar-refractivity contribution in [3.63, 3.8) is 0 Å². The number of hydrogen-bond donors (Lipinski definition) is 0. The van der Waals surface area contributed by atoms with Crippen LogP contribution in [0.2, 0.25) is 5.02 Å². The highest BCUT2D eigenvalue weighted by molar-refractivity contribution is 6.30. The van der Waals surface area contributed by atoms with E-state index in [0.29, 0.717) is 23.7 Å². The van der Waals surface area contributed by atoms with Gasteiger partial charge in [0, 0.05) is 19.3 Å². The molecule has 15 heavy (non-hydrogen) atoms. The minimum absolute atomic E-state index is 0.00694. The molecule has 4 heteroatoms. The highest BCUT2D eigenvalue weighted by atomic mass is 35.5. The minimum atomic E-state index is -0.00694. The van der Waals surface area contributed by atoms with Gasteiger partial charge in [0.05, 0.1) is 16.3 Å². The lowest BCUT2D eigenvalue weighted by atomic mass is 10.2. The van der Waals surface area contributed by atoms with E-state index in [1.54, 1.807) is 17.2 Å². The molecule has 0 bridgehead atoms. The molecule has 0 aliphatic carbocycles. The van der Waals surface area contributed by atoms with Crippen LogP contribution >= 0.6 is 11.6 Å². The van der Waals surface area contributed by atoms with E-state index in [0.717, 1.165) is 5.69 Å². The maximum absolute atomic E-state index is 12.0. The third-order valence-electron chi connectivity index (χ3n) is 2.33. The Morgan fingerprint density at radius 2 is 2.07 bits per heavy atom. The van der Waals surface area contributed by atoms with E-state index < -0.39 is 0 Å². The summed E-state index contributed by atoms with van der Waals surface area (Å²) < 4.78 is 0. The smallest absolute Gasteiger partial charge is 0.255 e. The average molecular weight is 227 g/mol. The zero-order valence-electron chi connectivity index (χ0n) is 9.25. The number of carbonyl (C=O) groups is 1. The Morgan fingerprint density at radius 1 is 1.47 bits per heavy atom. The van der Waals surface area contributed by atoms with Crippen LogP contribution in [0.5, 0.6) is 0 Å². The van der Waals surface area contributed by atoms with Crippen molar-refractivity contribution in [1.82, 2.24) is 9.88 Å². The van der Waals surface area contributed by atoms with Crippen LogP contribution in [-0.4, -0.2) is 28.9 Å². The van der Waals surface area contributed by atoms with Crippen LogP contribution in [0.1, 0.15) is 29.9 Å². The first-order chi connectivity index (χ1) is 7.10.